The number of hydrogen-bond acceptors (Lipinski definition) is 3. The molecule has 4 N–H and O–H groups in total. The van der Waals surface area contributed by atoms with Crippen molar-refractivity contribution in [3.8, 4) is 5.75 Å². The van der Waals surface area contributed by atoms with Crippen LogP contribution in [-0.4, -0.2) is 22.9 Å². The molecule has 0 aliphatic rings. The van der Waals surface area contributed by atoms with Gasteiger partial charge in [0.05, 0.1) is 6.10 Å². The highest BCUT2D eigenvalue weighted by Crippen LogP contribution is 2.26. The van der Waals surface area contributed by atoms with Gasteiger partial charge in [-0.05, 0) is 31.0 Å². The fourth-order valence-corrected chi connectivity index (χ4v) is 1.47. The number of phenols is 1. The summed E-state index contributed by atoms with van der Waals surface area (Å²) in [6, 6.07) is 7.00. The van der Waals surface area contributed by atoms with E-state index in [1.807, 2.05) is 19.1 Å². The lowest BCUT2D eigenvalue weighted by atomic mass is 9.79. The zero-order valence-electron chi connectivity index (χ0n) is 9.27. The second-order valence-electron chi connectivity index (χ2n) is 4.38. The molecule has 0 fully saturated rings. The predicted octanol–water partition coefficient (Wildman–Crippen LogP) is 1.28. The molecule has 84 valence electrons. The van der Waals surface area contributed by atoms with Crippen molar-refractivity contribution in [3.63, 3.8) is 0 Å². The summed E-state index contributed by atoms with van der Waals surface area (Å²) < 4.78 is 0. The highest BCUT2D eigenvalue weighted by atomic mass is 16.3. The number of aliphatic hydroxyl groups is 1. The van der Waals surface area contributed by atoms with Gasteiger partial charge in [0.1, 0.15) is 5.75 Å². The molecule has 0 saturated carbocycles. The lowest BCUT2D eigenvalue weighted by Crippen LogP contribution is -2.39. The number of rotatable bonds is 4. The molecule has 0 aliphatic carbocycles. The van der Waals surface area contributed by atoms with Crippen molar-refractivity contribution >= 4 is 0 Å². The van der Waals surface area contributed by atoms with Gasteiger partial charge in [-0.3, -0.25) is 0 Å². The van der Waals surface area contributed by atoms with E-state index in [2.05, 4.69) is 0 Å². The molecule has 2 atom stereocenters. The lowest BCUT2D eigenvalue weighted by Gasteiger charge is -2.31. The van der Waals surface area contributed by atoms with Gasteiger partial charge in [-0.15, -0.1) is 0 Å². The predicted molar refractivity (Wildman–Crippen MR) is 60.7 cm³/mol. The molecule has 1 aromatic carbocycles. The molecule has 1 rings (SSSR count). The fraction of sp³-hybridized carbons (Fsp3) is 0.500. The van der Waals surface area contributed by atoms with Crippen molar-refractivity contribution in [2.45, 2.75) is 26.4 Å². The van der Waals surface area contributed by atoms with Crippen molar-refractivity contribution in [1.82, 2.24) is 0 Å². The van der Waals surface area contributed by atoms with Gasteiger partial charge >= 0.3 is 0 Å². The number of benzene rings is 1. The maximum Gasteiger partial charge on any atom is 0.115 e. The largest absolute Gasteiger partial charge is 0.508 e. The van der Waals surface area contributed by atoms with Gasteiger partial charge in [-0.2, -0.15) is 0 Å². The van der Waals surface area contributed by atoms with Crippen LogP contribution in [0.5, 0.6) is 5.75 Å². The summed E-state index contributed by atoms with van der Waals surface area (Å²) in [5.74, 6) is 0.255. The minimum absolute atomic E-state index is 0.255. The van der Waals surface area contributed by atoms with Gasteiger partial charge < -0.3 is 15.9 Å². The van der Waals surface area contributed by atoms with Crippen molar-refractivity contribution in [3.05, 3.63) is 29.8 Å². The van der Waals surface area contributed by atoms with Crippen molar-refractivity contribution < 1.29 is 10.2 Å². The molecule has 0 bridgehead atoms. The first-order valence-corrected chi connectivity index (χ1v) is 5.14. The van der Waals surface area contributed by atoms with Gasteiger partial charge in [0.25, 0.3) is 0 Å². The van der Waals surface area contributed by atoms with Gasteiger partial charge in [0.2, 0.25) is 0 Å². The normalized spacial score (nSPS) is 17.1. The number of aromatic hydroxyl groups is 1. The molecule has 0 aromatic heterocycles. The third kappa shape index (κ3) is 2.94. The van der Waals surface area contributed by atoms with Crippen LogP contribution in [0.3, 0.4) is 0 Å². The minimum atomic E-state index is -0.448. The van der Waals surface area contributed by atoms with Gasteiger partial charge in [-0.1, -0.05) is 19.1 Å². The molecular formula is C12H19NO2. The first-order chi connectivity index (χ1) is 6.98. The van der Waals surface area contributed by atoms with E-state index in [0.717, 1.165) is 5.56 Å². The SMILES string of the molecule is CC(O)C(C)(CN)Cc1ccc(O)cc1. The first-order valence-electron chi connectivity index (χ1n) is 5.14. The van der Waals surface area contributed by atoms with E-state index in [1.165, 1.54) is 0 Å². The molecule has 0 radical (unpaired) electrons. The van der Waals surface area contributed by atoms with E-state index in [9.17, 15) is 5.11 Å². The molecule has 0 amide bonds. The summed E-state index contributed by atoms with van der Waals surface area (Å²) in [5, 5.41) is 18.8. The Morgan fingerprint density at radius 3 is 2.27 bits per heavy atom. The summed E-state index contributed by atoms with van der Waals surface area (Å²) in [6.07, 6.45) is 0.262. The van der Waals surface area contributed by atoms with E-state index in [-0.39, 0.29) is 11.2 Å². The van der Waals surface area contributed by atoms with Crippen LogP contribution in [0.2, 0.25) is 0 Å². The number of hydrogen-bond donors (Lipinski definition) is 3. The molecule has 15 heavy (non-hydrogen) atoms. The number of phenolic OH excluding ortho intramolecular Hbond substituents is 1. The highest BCUT2D eigenvalue weighted by molar-refractivity contribution is 5.26. The molecule has 0 spiro atoms. The van der Waals surface area contributed by atoms with E-state index < -0.39 is 6.10 Å². The van der Waals surface area contributed by atoms with E-state index in [1.54, 1.807) is 19.1 Å². The van der Waals surface area contributed by atoms with Crippen LogP contribution < -0.4 is 5.73 Å². The maximum atomic E-state index is 9.66. The standard InChI is InChI=1S/C12H19NO2/c1-9(14)12(2,8-13)7-10-3-5-11(15)6-4-10/h3-6,9,14-15H,7-8,13H2,1-2H3. The average Bonchev–Trinajstić information content (AvgIpc) is 2.21. The molecule has 0 heterocycles. The lowest BCUT2D eigenvalue weighted by molar-refractivity contribution is 0.0589. The van der Waals surface area contributed by atoms with E-state index in [4.69, 9.17) is 10.8 Å². The molecule has 0 aliphatic heterocycles. The van der Waals surface area contributed by atoms with Gasteiger partial charge in [0.15, 0.2) is 0 Å². The monoisotopic (exact) mass is 209 g/mol. The quantitative estimate of drug-likeness (QED) is 0.700. The molecule has 1 aromatic rings. The number of nitrogens with two attached hydrogens (primary N) is 1. The molecular weight excluding hydrogens is 190 g/mol. The van der Waals surface area contributed by atoms with Gasteiger partial charge in [0, 0.05) is 12.0 Å². The molecule has 3 heteroatoms. The topological polar surface area (TPSA) is 66.5 Å². The molecule has 0 saturated heterocycles. The van der Waals surface area contributed by atoms with Crippen LogP contribution in [0, 0.1) is 5.41 Å². The van der Waals surface area contributed by atoms with Crippen LogP contribution in [0.25, 0.3) is 0 Å². The Morgan fingerprint density at radius 1 is 1.33 bits per heavy atom. The summed E-state index contributed by atoms with van der Waals surface area (Å²) in [6.45, 7) is 4.16. The second-order valence-corrected chi connectivity index (χ2v) is 4.38. The Balaban J connectivity index is 2.79. The van der Waals surface area contributed by atoms with Crippen molar-refractivity contribution in [2.75, 3.05) is 6.54 Å². The van der Waals surface area contributed by atoms with Crippen LogP contribution in [0.4, 0.5) is 0 Å². The van der Waals surface area contributed by atoms with E-state index in [0.29, 0.717) is 13.0 Å². The summed E-state index contributed by atoms with van der Waals surface area (Å²) in [7, 11) is 0. The Labute approximate surface area is 90.5 Å². The Hall–Kier alpha value is -1.06. The maximum absolute atomic E-state index is 9.66. The Bertz CT molecular complexity index is 308. The smallest absolute Gasteiger partial charge is 0.115 e. The van der Waals surface area contributed by atoms with Crippen LogP contribution in [0.15, 0.2) is 24.3 Å². The zero-order valence-corrected chi connectivity index (χ0v) is 9.27. The first kappa shape index (κ1) is 12.0. The van der Waals surface area contributed by atoms with Crippen molar-refractivity contribution in [2.24, 2.45) is 11.1 Å². The van der Waals surface area contributed by atoms with Crippen molar-refractivity contribution in [1.29, 1.82) is 0 Å². The summed E-state index contributed by atoms with van der Waals surface area (Å²) in [5.41, 5.74) is 6.44. The Morgan fingerprint density at radius 2 is 1.87 bits per heavy atom. The Kier molecular flexibility index (Phi) is 3.72. The van der Waals surface area contributed by atoms with E-state index >= 15 is 0 Å². The third-order valence-corrected chi connectivity index (χ3v) is 3.02. The fourth-order valence-electron chi connectivity index (χ4n) is 1.47. The molecule has 3 nitrogen and oxygen atoms in total. The molecule has 2 unspecified atom stereocenters. The van der Waals surface area contributed by atoms with Crippen LogP contribution in [-0.2, 0) is 6.42 Å². The highest BCUT2D eigenvalue weighted by Gasteiger charge is 2.28. The summed E-state index contributed by atoms with van der Waals surface area (Å²) in [4.78, 5) is 0. The van der Waals surface area contributed by atoms with Crippen LogP contribution >= 0.6 is 0 Å². The minimum Gasteiger partial charge on any atom is -0.508 e. The second kappa shape index (κ2) is 4.64. The van der Waals surface area contributed by atoms with Gasteiger partial charge in [-0.25, -0.2) is 0 Å². The third-order valence-electron chi connectivity index (χ3n) is 3.02. The zero-order chi connectivity index (χ0) is 11.5. The summed E-state index contributed by atoms with van der Waals surface area (Å²) >= 11 is 0. The number of aliphatic hydroxyl groups excluding tert-OH is 1. The average molecular weight is 209 g/mol. The van der Waals surface area contributed by atoms with Crippen LogP contribution in [0.1, 0.15) is 19.4 Å².